The molecule has 0 saturated carbocycles. The van der Waals surface area contributed by atoms with Crippen molar-refractivity contribution in [1.82, 2.24) is 16.0 Å². The lowest BCUT2D eigenvalue weighted by Gasteiger charge is -2.18. The molecule has 32 heavy (non-hydrogen) atoms. The maximum Gasteiger partial charge on any atom is 0.326 e. The lowest BCUT2D eigenvalue weighted by Crippen LogP contribution is -2.49. The third-order valence-electron chi connectivity index (χ3n) is 3.87. The number of nitrogens with one attached hydrogen (secondary N) is 3. The van der Waals surface area contributed by atoms with Crippen LogP contribution in [-0.4, -0.2) is 64.3 Å². The Morgan fingerprint density at radius 1 is 1.16 bits per heavy atom. The molecule has 0 unspecified atom stereocenters. The van der Waals surface area contributed by atoms with E-state index in [1.807, 2.05) is 0 Å². The fraction of sp³-hybridized carbons (Fsp3) is 0.353. The van der Waals surface area contributed by atoms with Crippen LogP contribution < -0.4 is 16.0 Å². The third kappa shape index (κ3) is 8.71. The van der Waals surface area contributed by atoms with Gasteiger partial charge in [0.15, 0.2) is 0 Å². The highest BCUT2D eigenvalue weighted by Crippen LogP contribution is 2.26. The Morgan fingerprint density at radius 3 is 2.41 bits per heavy atom. The van der Waals surface area contributed by atoms with Gasteiger partial charge in [0.25, 0.3) is 5.91 Å². The van der Waals surface area contributed by atoms with Crippen molar-refractivity contribution in [3.8, 4) is 0 Å². The summed E-state index contributed by atoms with van der Waals surface area (Å²) < 4.78 is 0. The number of hydrogen-bond donors (Lipinski definition) is 6. The van der Waals surface area contributed by atoms with Gasteiger partial charge in [0.1, 0.15) is 18.6 Å². The van der Waals surface area contributed by atoms with Gasteiger partial charge < -0.3 is 26.2 Å². The molecule has 13 nitrogen and oxygen atoms in total. The van der Waals surface area contributed by atoms with Crippen LogP contribution in [0.1, 0.15) is 23.2 Å². The van der Waals surface area contributed by atoms with Crippen molar-refractivity contribution in [3.63, 3.8) is 0 Å². The zero-order valence-electron chi connectivity index (χ0n) is 16.3. The van der Waals surface area contributed by atoms with Crippen LogP contribution in [0.25, 0.3) is 10.4 Å². The first-order valence-corrected chi connectivity index (χ1v) is 9.88. The van der Waals surface area contributed by atoms with E-state index in [9.17, 15) is 29.1 Å². The Labute approximate surface area is 191 Å². The van der Waals surface area contributed by atoms with Crippen molar-refractivity contribution >= 4 is 59.6 Å². The molecule has 1 aromatic carbocycles. The number of carboxylic acids is 2. The molecule has 0 aliphatic rings. The molecule has 1 aromatic rings. The van der Waals surface area contributed by atoms with Crippen LogP contribution in [0.15, 0.2) is 23.3 Å². The summed E-state index contributed by atoms with van der Waals surface area (Å²) >= 11 is 9.75. The van der Waals surface area contributed by atoms with Crippen LogP contribution in [0.4, 0.5) is 5.69 Å². The predicted molar refractivity (Wildman–Crippen MR) is 115 cm³/mol. The summed E-state index contributed by atoms with van der Waals surface area (Å²) in [6.07, 6.45) is -0.669. The van der Waals surface area contributed by atoms with Gasteiger partial charge in [-0.2, -0.15) is 12.6 Å². The molecule has 1 rings (SSSR count). The van der Waals surface area contributed by atoms with Crippen molar-refractivity contribution in [3.05, 3.63) is 39.2 Å². The quantitative estimate of drug-likeness (QED) is 0.108. The van der Waals surface area contributed by atoms with Crippen LogP contribution in [0.2, 0.25) is 5.02 Å². The molecule has 3 amide bonds. The molecule has 0 bridgehead atoms. The fourth-order valence-electron chi connectivity index (χ4n) is 2.30. The van der Waals surface area contributed by atoms with Crippen molar-refractivity contribution in [2.45, 2.75) is 24.9 Å². The number of azide groups is 1. The monoisotopic (exact) mass is 486 g/mol. The average molecular weight is 487 g/mol. The van der Waals surface area contributed by atoms with E-state index in [1.165, 1.54) is 18.2 Å². The SMILES string of the molecule is [N-]=[N+]=Nc1cc(C(=O)N[C@@H](CCC(=O)N[C@@H](CS)C(=O)NCC(=O)O)C(=O)O)ccc1Cl. The molecule has 0 heterocycles. The smallest absolute Gasteiger partial charge is 0.326 e. The largest absolute Gasteiger partial charge is 0.480 e. The van der Waals surface area contributed by atoms with Crippen LogP contribution in [0.3, 0.4) is 0 Å². The number of carbonyl (C=O) groups is 5. The maximum absolute atomic E-state index is 12.3. The van der Waals surface area contributed by atoms with Gasteiger partial charge >= 0.3 is 11.9 Å². The van der Waals surface area contributed by atoms with Crippen LogP contribution >= 0.6 is 24.2 Å². The highest BCUT2D eigenvalue weighted by atomic mass is 35.5. The third-order valence-corrected chi connectivity index (χ3v) is 4.56. The zero-order valence-corrected chi connectivity index (χ0v) is 18.0. The summed E-state index contributed by atoms with van der Waals surface area (Å²) in [5.74, 6) is -5.06. The molecule has 15 heteroatoms. The number of aliphatic carboxylic acids is 2. The van der Waals surface area contributed by atoms with Gasteiger partial charge in [-0.3, -0.25) is 19.2 Å². The summed E-state index contributed by atoms with van der Waals surface area (Å²) in [4.78, 5) is 60.8. The van der Waals surface area contributed by atoms with Crippen molar-refractivity contribution in [2.75, 3.05) is 12.3 Å². The van der Waals surface area contributed by atoms with Gasteiger partial charge in [-0.05, 0) is 30.2 Å². The fourth-order valence-corrected chi connectivity index (χ4v) is 2.71. The van der Waals surface area contributed by atoms with Gasteiger partial charge in [0.05, 0.1) is 10.7 Å². The lowest BCUT2D eigenvalue weighted by molar-refractivity contribution is -0.139. The summed E-state index contributed by atoms with van der Waals surface area (Å²) in [6.45, 7) is -0.641. The number of nitrogens with zero attached hydrogens (tertiary/aromatic N) is 3. The summed E-state index contributed by atoms with van der Waals surface area (Å²) in [5, 5.41) is 28.0. The Hall–Kier alpha value is -3.48. The Morgan fingerprint density at radius 2 is 1.84 bits per heavy atom. The predicted octanol–water partition coefficient (Wildman–Crippen LogP) is 0.860. The van der Waals surface area contributed by atoms with E-state index in [4.69, 9.17) is 22.2 Å². The Balaban J connectivity index is 2.72. The van der Waals surface area contributed by atoms with Gasteiger partial charge in [-0.15, -0.1) is 0 Å². The molecule has 0 aromatic heterocycles. The van der Waals surface area contributed by atoms with Crippen molar-refractivity contribution < 1.29 is 34.2 Å². The Bertz CT molecular complexity index is 953. The highest BCUT2D eigenvalue weighted by molar-refractivity contribution is 7.80. The minimum atomic E-state index is -1.44. The average Bonchev–Trinajstić information content (AvgIpc) is 2.74. The molecular formula is C17H19ClN6O7S. The van der Waals surface area contributed by atoms with E-state index in [2.05, 4.69) is 38.6 Å². The topological polar surface area (TPSA) is 211 Å². The number of amides is 3. The molecule has 0 fully saturated rings. The van der Waals surface area contributed by atoms with Gasteiger partial charge in [0, 0.05) is 22.6 Å². The lowest BCUT2D eigenvalue weighted by atomic mass is 10.1. The molecule has 5 N–H and O–H groups in total. The van der Waals surface area contributed by atoms with E-state index >= 15 is 0 Å². The number of halogens is 1. The molecule has 0 aliphatic heterocycles. The first-order valence-electron chi connectivity index (χ1n) is 8.87. The standard InChI is InChI=1S/C17H19ClN6O7S/c18-9-2-1-8(5-11(9)23-24-19)15(28)22-10(17(30)31)3-4-13(25)21-12(7-32)16(29)20-6-14(26)27/h1-2,5,10,12,32H,3-4,6-7H2,(H,20,29)(H,21,25)(H,22,28)(H,26,27)(H,30,31)/t10-,12-/m0/s1. The molecular weight excluding hydrogens is 468 g/mol. The van der Waals surface area contributed by atoms with E-state index in [-0.39, 0.29) is 34.9 Å². The van der Waals surface area contributed by atoms with Gasteiger partial charge in [-0.1, -0.05) is 16.7 Å². The molecule has 0 saturated heterocycles. The van der Waals surface area contributed by atoms with Gasteiger partial charge in [0.2, 0.25) is 11.8 Å². The number of benzene rings is 1. The van der Waals surface area contributed by atoms with Crippen LogP contribution in [0, 0.1) is 0 Å². The second-order valence-corrected chi connectivity index (χ2v) is 6.95. The van der Waals surface area contributed by atoms with Crippen molar-refractivity contribution in [1.29, 1.82) is 0 Å². The Kier molecular flexibility index (Phi) is 10.8. The molecule has 172 valence electrons. The summed E-state index contributed by atoms with van der Waals surface area (Å²) in [6, 6.07) is 1.21. The minimum absolute atomic E-state index is 0.0160. The zero-order chi connectivity index (χ0) is 24.3. The second-order valence-electron chi connectivity index (χ2n) is 6.17. The first kappa shape index (κ1) is 26.6. The summed E-state index contributed by atoms with van der Waals surface area (Å²) in [5.41, 5.74) is 8.47. The van der Waals surface area contributed by atoms with Crippen LogP contribution in [-0.2, 0) is 19.2 Å². The van der Waals surface area contributed by atoms with Gasteiger partial charge in [-0.25, -0.2) is 4.79 Å². The molecule has 0 spiro atoms. The first-order chi connectivity index (χ1) is 15.1. The van der Waals surface area contributed by atoms with Crippen molar-refractivity contribution in [2.24, 2.45) is 5.11 Å². The van der Waals surface area contributed by atoms with Crippen LogP contribution in [0.5, 0.6) is 0 Å². The normalized spacial score (nSPS) is 11.9. The van der Waals surface area contributed by atoms with E-state index in [0.29, 0.717) is 0 Å². The number of rotatable bonds is 12. The number of thiol groups is 1. The number of carboxylic acid groups (broad SMARTS) is 2. The highest BCUT2D eigenvalue weighted by Gasteiger charge is 2.24. The maximum atomic E-state index is 12.3. The molecule has 0 aliphatic carbocycles. The minimum Gasteiger partial charge on any atom is -0.480 e. The van der Waals surface area contributed by atoms with E-state index < -0.39 is 48.3 Å². The second kappa shape index (κ2) is 13.0. The number of hydrogen-bond acceptors (Lipinski definition) is 7. The molecule has 2 atom stereocenters. The van der Waals surface area contributed by atoms with E-state index in [0.717, 1.165) is 0 Å². The van der Waals surface area contributed by atoms with E-state index in [1.54, 1.807) is 0 Å². The molecule has 0 radical (unpaired) electrons. The summed E-state index contributed by atoms with van der Waals surface area (Å²) in [7, 11) is 0. The number of carbonyl (C=O) groups excluding carboxylic acids is 3.